The molecule has 1 atom stereocenters. The van der Waals surface area contributed by atoms with E-state index in [-0.39, 0.29) is 5.91 Å². The molecule has 132 valence electrons. The van der Waals surface area contributed by atoms with Crippen molar-refractivity contribution in [1.82, 2.24) is 14.5 Å². The first-order valence-electron chi connectivity index (χ1n) is 9.53. The van der Waals surface area contributed by atoms with Crippen LogP contribution in [0.5, 0.6) is 0 Å². The molecule has 1 aliphatic carbocycles. The molecule has 2 aliphatic rings. The average molecular weight is 337 g/mol. The Hall–Kier alpha value is -2.10. The van der Waals surface area contributed by atoms with Gasteiger partial charge in [0.05, 0.1) is 6.42 Å². The molecule has 2 heterocycles. The molecule has 0 N–H and O–H groups in total. The summed E-state index contributed by atoms with van der Waals surface area (Å²) in [4.78, 5) is 19.4. The molecule has 4 heteroatoms. The Morgan fingerprint density at radius 2 is 2.16 bits per heavy atom. The zero-order valence-corrected chi connectivity index (χ0v) is 15.0. The van der Waals surface area contributed by atoms with Crippen molar-refractivity contribution < 1.29 is 4.79 Å². The van der Waals surface area contributed by atoms with Crippen LogP contribution in [0.1, 0.15) is 48.6 Å². The van der Waals surface area contributed by atoms with Crippen LogP contribution in [0.3, 0.4) is 0 Å². The standard InChI is InChI=1S/C21H27N3O/c1-16-4-2-5-18(12-16)13-20(25)23-10-3-6-19(15-23)21-22-9-11-24(21)14-17-7-8-17/h2,4-5,9,11-12,17,19H,3,6-8,10,13-15H2,1H3. The van der Waals surface area contributed by atoms with E-state index in [9.17, 15) is 4.79 Å². The molecule has 1 saturated heterocycles. The van der Waals surface area contributed by atoms with Crippen LogP contribution in [-0.4, -0.2) is 33.4 Å². The maximum atomic E-state index is 12.8. The number of benzene rings is 1. The Kier molecular flexibility index (Phi) is 4.60. The molecule has 2 aromatic rings. The largest absolute Gasteiger partial charge is 0.342 e. The minimum Gasteiger partial charge on any atom is -0.342 e. The summed E-state index contributed by atoms with van der Waals surface area (Å²) in [7, 11) is 0. The third-order valence-electron chi connectivity index (χ3n) is 5.48. The van der Waals surface area contributed by atoms with E-state index < -0.39 is 0 Å². The van der Waals surface area contributed by atoms with E-state index >= 15 is 0 Å². The van der Waals surface area contributed by atoms with Gasteiger partial charge in [-0.2, -0.15) is 0 Å². The maximum Gasteiger partial charge on any atom is 0.227 e. The van der Waals surface area contributed by atoms with Crippen LogP contribution in [0.2, 0.25) is 0 Å². The lowest BCUT2D eigenvalue weighted by Gasteiger charge is -2.33. The van der Waals surface area contributed by atoms with Gasteiger partial charge < -0.3 is 9.47 Å². The summed E-state index contributed by atoms with van der Waals surface area (Å²) in [6.07, 6.45) is 9.44. The lowest BCUT2D eigenvalue weighted by molar-refractivity contribution is -0.131. The van der Waals surface area contributed by atoms with Gasteiger partial charge in [-0.15, -0.1) is 0 Å². The minimum atomic E-state index is 0.246. The van der Waals surface area contributed by atoms with Crippen molar-refractivity contribution in [2.45, 2.75) is 51.5 Å². The molecule has 1 unspecified atom stereocenters. The number of carbonyl (C=O) groups is 1. The van der Waals surface area contributed by atoms with Gasteiger partial charge in [-0.1, -0.05) is 29.8 Å². The fraction of sp³-hybridized carbons (Fsp3) is 0.524. The Labute approximate surface area is 149 Å². The number of amides is 1. The number of carbonyl (C=O) groups excluding carboxylic acids is 1. The first-order valence-corrected chi connectivity index (χ1v) is 9.53. The van der Waals surface area contributed by atoms with Crippen molar-refractivity contribution in [3.63, 3.8) is 0 Å². The smallest absolute Gasteiger partial charge is 0.227 e. The van der Waals surface area contributed by atoms with Crippen LogP contribution < -0.4 is 0 Å². The lowest BCUT2D eigenvalue weighted by Crippen LogP contribution is -2.40. The van der Waals surface area contributed by atoms with E-state index in [4.69, 9.17) is 0 Å². The zero-order valence-electron chi connectivity index (χ0n) is 15.0. The third kappa shape index (κ3) is 3.94. The number of nitrogens with zero attached hydrogens (tertiary/aromatic N) is 3. The highest BCUT2D eigenvalue weighted by atomic mass is 16.2. The van der Waals surface area contributed by atoms with Gasteiger partial charge in [-0.25, -0.2) is 4.98 Å². The van der Waals surface area contributed by atoms with Crippen molar-refractivity contribution in [2.24, 2.45) is 5.92 Å². The Morgan fingerprint density at radius 1 is 1.28 bits per heavy atom. The Morgan fingerprint density at radius 3 is 2.96 bits per heavy atom. The zero-order chi connectivity index (χ0) is 17.2. The number of hydrogen-bond donors (Lipinski definition) is 0. The van der Waals surface area contributed by atoms with Crippen LogP contribution in [0.25, 0.3) is 0 Å². The van der Waals surface area contributed by atoms with E-state index in [0.29, 0.717) is 12.3 Å². The highest BCUT2D eigenvalue weighted by Gasteiger charge is 2.29. The van der Waals surface area contributed by atoms with Gasteiger partial charge in [0.25, 0.3) is 0 Å². The molecule has 4 nitrogen and oxygen atoms in total. The van der Waals surface area contributed by atoms with Gasteiger partial charge in [-0.3, -0.25) is 4.79 Å². The van der Waals surface area contributed by atoms with Gasteiger partial charge in [-0.05, 0) is 44.1 Å². The molecule has 1 saturated carbocycles. The molecule has 2 fully saturated rings. The first-order chi connectivity index (χ1) is 12.2. The molecular weight excluding hydrogens is 310 g/mol. The molecular formula is C21H27N3O. The number of hydrogen-bond acceptors (Lipinski definition) is 2. The molecule has 0 radical (unpaired) electrons. The number of imidazole rings is 1. The van der Waals surface area contributed by atoms with Crippen LogP contribution in [0.15, 0.2) is 36.7 Å². The monoisotopic (exact) mass is 337 g/mol. The number of piperidine rings is 1. The second kappa shape index (κ2) is 7.03. The molecule has 1 amide bonds. The molecule has 25 heavy (non-hydrogen) atoms. The van der Waals surface area contributed by atoms with Crippen molar-refractivity contribution in [3.05, 3.63) is 53.6 Å². The summed E-state index contributed by atoms with van der Waals surface area (Å²) in [5, 5.41) is 0. The van der Waals surface area contributed by atoms with E-state index in [0.717, 1.165) is 44.0 Å². The van der Waals surface area contributed by atoms with Crippen LogP contribution in [0.4, 0.5) is 0 Å². The van der Waals surface area contributed by atoms with Crippen LogP contribution >= 0.6 is 0 Å². The Bertz CT molecular complexity index is 747. The quantitative estimate of drug-likeness (QED) is 0.837. The van der Waals surface area contributed by atoms with E-state index in [2.05, 4.69) is 40.9 Å². The second-order valence-electron chi connectivity index (χ2n) is 7.73. The third-order valence-corrected chi connectivity index (χ3v) is 5.48. The van der Waals surface area contributed by atoms with Gasteiger partial charge in [0, 0.05) is 37.9 Å². The van der Waals surface area contributed by atoms with Crippen molar-refractivity contribution in [1.29, 1.82) is 0 Å². The minimum absolute atomic E-state index is 0.246. The normalized spacial score (nSPS) is 20.7. The molecule has 0 spiro atoms. The number of rotatable bonds is 5. The molecule has 0 bridgehead atoms. The summed E-state index contributed by atoms with van der Waals surface area (Å²) in [6.45, 7) is 4.87. The number of likely N-dealkylation sites (tertiary alicyclic amines) is 1. The summed E-state index contributed by atoms with van der Waals surface area (Å²) in [6, 6.07) is 8.27. The van der Waals surface area contributed by atoms with Gasteiger partial charge in [0.1, 0.15) is 5.82 Å². The Balaban J connectivity index is 1.42. The highest BCUT2D eigenvalue weighted by Crippen LogP contribution is 2.33. The maximum absolute atomic E-state index is 12.8. The summed E-state index contributed by atoms with van der Waals surface area (Å²) < 4.78 is 2.33. The van der Waals surface area contributed by atoms with E-state index in [1.54, 1.807) is 0 Å². The summed E-state index contributed by atoms with van der Waals surface area (Å²) in [5.41, 5.74) is 2.33. The van der Waals surface area contributed by atoms with Crippen LogP contribution in [0, 0.1) is 12.8 Å². The van der Waals surface area contributed by atoms with E-state index in [1.807, 2.05) is 17.2 Å². The molecule has 4 rings (SSSR count). The average Bonchev–Trinajstić information content (AvgIpc) is 3.30. The summed E-state index contributed by atoms with van der Waals surface area (Å²) >= 11 is 0. The van der Waals surface area contributed by atoms with Gasteiger partial charge in [0.15, 0.2) is 0 Å². The predicted octanol–water partition coefficient (Wildman–Crippen LogP) is 3.55. The molecule has 1 aromatic heterocycles. The molecule has 1 aliphatic heterocycles. The number of aryl methyl sites for hydroxylation is 1. The predicted molar refractivity (Wildman–Crippen MR) is 98.4 cm³/mol. The van der Waals surface area contributed by atoms with Crippen molar-refractivity contribution in [2.75, 3.05) is 13.1 Å². The van der Waals surface area contributed by atoms with Gasteiger partial charge in [0.2, 0.25) is 5.91 Å². The highest BCUT2D eigenvalue weighted by molar-refractivity contribution is 5.79. The van der Waals surface area contributed by atoms with Gasteiger partial charge >= 0.3 is 0 Å². The van der Waals surface area contributed by atoms with Crippen molar-refractivity contribution in [3.8, 4) is 0 Å². The first kappa shape index (κ1) is 16.4. The van der Waals surface area contributed by atoms with E-state index in [1.165, 1.54) is 24.2 Å². The van der Waals surface area contributed by atoms with Crippen molar-refractivity contribution >= 4 is 5.91 Å². The lowest BCUT2D eigenvalue weighted by atomic mass is 9.96. The fourth-order valence-corrected chi connectivity index (χ4v) is 3.94. The fourth-order valence-electron chi connectivity index (χ4n) is 3.94. The second-order valence-corrected chi connectivity index (χ2v) is 7.73. The van der Waals surface area contributed by atoms with Crippen LogP contribution in [-0.2, 0) is 17.8 Å². The molecule has 1 aromatic carbocycles. The summed E-state index contributed by atoms with van der Waals surface area (Å²) in [5.74, 6) is 2.65. The SMILES string of the molecule is Cc1cccc(CC(=O)N2CCCC(c3nccn3CC3CC3)C2)c1. The topological polar surface area (TPSA) is 38.1 Å². The number of aromatic nitrogens is 2.